The average Bonchev–Trinajstić information content (AvgIpc) is 3.36. The fourth-order valence-corrected chi connectivity index (χ4v) is 5.70. The molecule has 0 amide bonds. The summed E-state index contributed by atoms with van der Waals surface area (Å²) < 4.78 is 6.39. The molecule has 1 saturated carbocycles. The van der Waals surface area contributed by atoms with Crippen molar-refractivity contribution in [1.82, 2.24) is 19.9 Å². The molecule has 4 atom stereocenters. The topological polar surface area (TPSA) is 134 Å². The highest BCUT2D eigenvalue weighted by Crippen LogP contribution is 2.39. The normalized spacial score (nSPS) is 21.2. The van der Waals surface area contributed by atoms with Crippen molar-refractivity contribution in [3.63, 3.8) is 0 Å². The van der Waals surface area contributed by atoms with Crippen molar-refractivity contribution < 1.29 is 19.7 Å². The number of rotatable bonds is 8. The molecule has 0 aromatic carbocycles. The van der Waals surface area contributed by atoms with Crippen LogP contribution in [0.4, 0.5) is 11.8 Å². The number of ether oxygens (including phenoxy) is 1. The maximum Gasteiger partial charge on any atom is 0.227 e. The van der Waals surface area contributed by atoms with Crippen molar-refractivity contribution in [3.8, 4) is 10.6 Å². The van der Waals surface area contributed by atoms with Crippen molar-refractivity contribution in [3.05, 3.63) is 23.7 Å². The molecule has 0 spiro atoms. The van der Waals surface area contributed by atoms with Crippen molar-refractivity contribution in [2.45, 2.75) is 64.9 Å². The minimum atomic E-state index is -1.25. The minimum Gasteiger partial charge on any atom is -0.390 e. The number of carbonyl (C=O) groups is 1. The van der Waals surface area contributed by atoms with Crippen LogP contribution in [0.15, 0.2) is 12.3 Å². The van der Waals surface area contributed by atoms with Gasteiger partial charge in [-0.15, -0.1) is 11.3 Å². The Bertz CT molecular complexity index is 1270. The van der Waals surface area contributed by atoms with Crippen LogP contribution in [0.3, 0.4) is 0 Å². The second kappa shape index (κ2) is 9.97. The first-order valence-electron chi connectivity index (χ1n) is 12.0. The fraction of sp³-hybridized carbons (Fsp3) is 0.560. The highest BCUT2D eigenvalue weighted by molar-refractivity contribution is 7.21. The molecule has 3 heterocycles. The van der Waals surface area contributed by atoms with Crippen molar-refractivity contribution in [2.75, 3.05) is 30.9 Å². The van der Waals surface area contributed by atoms with Crippen LogP contribution in [-0.2, 0) is 9.53 Å². The number of anilines is 2. The molecule has 0 radical (unpaired) electrons. The Morgan fingerprint density at radius 2 is 2.00 bits per heavy atom. The quantitative estimate of drug-likeness (QED) is 0.412. The third-order valence-electron chi connectivity index (χ3n) is 6.78. The molecule has 0 bridgehead atoms. The third-order valence-corrected chi connectivity index (χ3v) is 7.82. The number of aliphatic hydroxyl groups excluding tert-OH is 1. The van der Waals surface area contributed by atoms with Gasteiger partial charge in [-0.1, -0.05) is 0 Å². The standard InChI is InChI=1S/C25H34N6O4S/c1-12(35-7)11-31(6)24-27-13(2)18(23-29-19-14(3)26-9-8-17(19)36-23)22(30-24)28-16-10-15(25(4,5)34)20(32)21(16)33/h8-9,12,15-16,20,32,34H,10-11H2,1-7H3,(H,27,28,30)/t12-,15+,16-,20?/m1/s1. The van der Waals surface area contributed by atoms with Gasteiger partial charge in [-0.3, -0.25) is 9.78 Å². The lowest BCUT2D eigenvalue weighted by molar-refractivity contribution is -0.129. The summed E-state index contributed by atoms with van der Waals surface area (Å²) in [6.45, 7) is 9.56. The number of carbonyl (C=O) groups excluding carboxylic acids is 1. The Hall–Kier alpha value is -2.73. The van der Waals surface area contributed by atoms with Gasteiger partial charge in [-0.25, -0.2) is 9.97 Å². The van der Waals surface area contributed by atoms with Crippen molar-refractivity contribution in [2.24, 2.45) is 5.92 Å². The lowest BCUT2D eigenvalue weighted by atomic mass is 9.88. The van der Waals surface area contributed by atoms with E-state index in [1.165, 1.54) is 11.3 Å². The highest BCUT2D eigenvalue weighted by atomic mass is 32.1. The van der Waals surface area contributed by atoms with Gasteiger partial charge < -0.3 is 25.2 Å². The van der Waals surface area contributed by atoms with E-state index in [9.17, 15) is 15.0 Å². The SMILES string of the molecule is CO[C@H](C)CN(C)c1nc(C)c(-c2nc3c(C)nccc3s2)c(N[C@@H]2C[C@H](C(C)(C)O)C(O)C2=O)n1. The monoisotopic (exact) mass is 514 g/mol. The molecule has 11 heteroatoms. The molecule has 3 aromatic rings. The van der Waals surface area contributed by atoms with E-state index in [1.54, 1.807) is 27.2 Å². The van der Waals surface area contributed by atoms with Gasteiger partial charge in [0.05, 0.1) is 39.4 Å². The van der Waals surface area contributed by atoms with Gasteiger partial charge in [0.2, 0.25) is 5.95 Å². The van der Waals surface area contributed by atoms with Crippen LogP contribution in [0.25, 0.3) is 20.8 Å². The number of pyridine rings is 1. The summed E-state index contributed by atoms with van der Waals surface area (Å²) in [5, 5.41) is 25.0. The molecule has 0 aliphatic heterocycles. The second-order valence-electron chi connectivity index (χ2n) is 10.1. The molecule has 10 nitrogen and oxygen atoms in total. The molecule has 1 aliphatic carbocycles. The number of nitrogens with zero attached hydrogens (tertiary/aromatic N) is 5. The van der Waals surface area contributed by atoms with Crippen LogP contribution in [0.1, 0.15) is 38.6 Å². The number of fused-ring (bicyclic) bond motifs is 1. The number of aliphatic hydroxyl groups is 2. The van der Waals surface area contributed by atoms with Crippen LogP contribution in [0.2, 0.25) is 0 Å². The molecule has 0 saturated heterocycles. The molecule has 3 N–H and O–H groups in total. The summed E-state index contributed by atoms with van der Waals surface area (Å²) in [4.78, 5) is 33.6. The summed E-state index contributed by atoms with van der Waals surface area (Å²) in [5.74, 6) is -0.0148. The van der Waals surface area contributed by atoms with E-state index in [0.29, 0.717) is 34.6 Å². The van der Waals surface area contributed by atoms with E-state index < -0.39 is 23.7 Å². The van der Waals surface area contributed by atoms with Gasteiger partial charge in [0.15, 0.2) is 5.78 Å². The Morgan fingerprint density at radius 1 is 1.28 bits per heavy atom. The number of aryl methyl sites for hydroxylation is 2. The van der Waals surface area contributed by atoms with Gasteiger partial charge in [-0.2, -0.15) is 4.98 Å². The van der Waals surface area contributed by atoms with Crippen LogP contribution in [-0.4, -0.2) is 80.5 Å². The summed E-state index contributed by atoms with van der Waals surface area (Å²) in [7, 11) is 3.54. The maximum absolute atomic E-state index is 13.0. The van der Waals surface area contributed by atoms with Crippen LogP contribution < -0.4 is 10.2 Å². The van der Waals surface area contributed by atoms with E-state index in [2.05, 4.69) is 10.3 Å². The number of methoxy groups -OCH3 is 1. The number of nitrogens with one attached hydrogen (secondary N) is 1. The van der Waals surface area contributed by atoms with Gasteiger partial charge in [0.25, 0.3) is 0 Å². The van der Waals surface area contributed by atoms with Gasteiger partial charge in [0, 0.05) is 32.8 Å². The zero-order valence-electron chi connectivity index (χ0n) is 21.7. The molecule has 1 fully saturated rings. The predicted octanol–water partition coefficient (Wildman–Crippen LogP) is 2.74. The van der Waals surface area contributed by atoms with E-state index >= 15 is 0 Å². The number of likely N-dealkylation sites (N-methyl/N-ethyl adjacent to an activating group) is 1. The molecular formula is C25H34N6O4S. The highest BCUT2D eigenvalue weighted by Gasteiger charge is 2.47. The Kier molecular flexibility index (Phi) is 7.29. The lowest BCUT2D eigenvalue weighted by Gasteiger charge is -2.27. The number of hydrogen-bond donors (Lipinski definition) is 3. The first kappa shape index (κ1) is 26.3. The largest absolute Gasteiger partial charge is 0.390 e. The van der Waals surface area contributed by atoms with Crippen LogP contribution in [0.5, 0.6) is 0 Å². The summed E-state index contributed by atoms with van der Waals surface area (Å²) >= 11 is 1.51. The van der Waals surface area contributed by atoms with Crippen molar-refractivity contribution >= 4 is 39.1 Å². The lowest BCUT2D eigenvalue weighted by Crippen LogP contribution is -2.38. The third kappa shape index (κ3) is 5.06. The minimum absolute atomic E-state index is 0.0335. The second-order valence-corrected chi connectivity index (χ2v) is 11.1. The summed E-state index contributed by atoms with van der Waals surface area (Å²) in [6.07, 6.45) is 0.747. The van der Waals surface area contributed by atoms with Gasteiger partial charge in [-0.05, 0) is 47.1 Å². The number of ketones is 1. The molecule has 1 unspecified atom stereocenters. The van der Waals surface area contributed by atoms with E-state index in [4.69, 9.17) is 19.7 Å². The smallest absolute Gasteiger partial charge is 0.227 e. The Labute approximate surface area is 214 Å². The first-order chi connectivity index (χ1) is 16.9. The van der Waals surface area contributed by atoms with Gasteiger partial charge >= 0.3 is 0 Å². The van der Waals surface area contributed by atoms with Gasteiger partial charge in [0.1, 0.15) is 22.4 Å². The molecule has 1 aliphatic rings. The molecule has 4 rings (SSSR count). The van der Waals surface area contributed by atoms with E-state index in [1.807, 2.05) is 38.8 Å². The molecule has 36 heavy (non-hydrogen) atoms. The number of Topliss-reactive ketones (excluding diaryl/α,β-unsaturated/α-hetero) is 1. The van der Waals surface area contributed by atoms with Crippen molar-refractivity contribution in [1.29, 1.82) is 0 Å². The van der Waals surface area contributed by atoms with E-state index in [0.717, 1.165) is 15.9 Å². The molecular weight excluding hydrogens is 480 g/mol. The first-order valence-corrected chi connectivity index (χ1v) is 12.8. The molecule has 194 valence electrons. The number of thiazole rings is 1. The average molecular weight is 515 g/mol. The van der Waals surface area contributed by atoms with E-state index in [-0.39, 0.29) is 18.3 Å². The summed E-state index contributed by atoms with van der Waals surface area (Å²) in [5.41, 5.74) is 1.84. The Morgan fingerprint density at radius 3 is 2.61 bits per heavy atom. The summed E-state index contributed by atoms with van der Waals surface area (Å²) in [6, 6.07) is 1.21. The van der Waals surface area contributed by atoms with Crippen LogP contribution in [0, 0.1) is 19.8 Å². The zero-order chi connectivity index (χ0) is 26.4. The predicted molar refractivity (Wildman–Crippen MR) is 140 cm³/mol. The Balaban J connectivity index is 1.79. The number of aromatic nitrogens is 4. The molecule has 3 aromatic heterocycles. The maximum atomic E-state index is 13.0. The van der Waals surface area contributed by atoms with Crippen LogP contribution >= 0.6 is 11.3 Å². The fourth-order valence-electron chi connectivity index (χ4n) is 4.59. The number of hydrogen-bond acceptors (Lipinski definition) is 11. The zero-order valence-corrected chi connectivity index (χ0v) is 22.6.